The molecule has 5 nitrogen and oxygen atoms in total. The Hall–Kier alpha value is -3.30. The zero-order valence-electron chi connectivity index (χ0n) is 18.1. The van der Waals surface area contributed by atoms with E-state index in [0.717, 1.165) is 41.1 Å². The number of sulfonamides is 1. The Bertz CT molecular complexity index is 1490. The van der Waals surface area contributed by atoms with Gasteiger partial charge in [-0.15, -0.1) is 0 Å². The van der Waals surface area contributed by atoms with Crippen LogP contribution in [0.1, 0.15) is 16.7 Å². The van der Waals surface area contributed by atoms with Crippen LogP contribution in [0, 0.1) is 18.6 Å². The SMILES string of the molecule is Cc1ccc(CN2c3ccccc3-c3nc(SCc4cc(F)ccc4F)ncc3S2(=O)=O)cc1. The summed E-state index contributed by atoms with van der Waals surface area (Å²) in [6, 6.07) is 18.1. The summed E-state index contributed by atoms with van der Waals surface area (Å²) in [4.78, 5) is 8.72. The van der Waals surface area contributed by atoms with Crippen molar-refractivity contribution in [2.75, 3.05) is 4.31 Å². The van der Waals surface area contributed by atoms with Gasteiger partial charge in [-0.1, -0.05) is 59.8 Å². The van der Waals surface area contributed by atoms with E-state index in [0.29, 0.717) is 16.9 Å². The molecule has 1 aliphatic rings. The molecule has 0 fully saturated rings. The van der Waals surface area contributed by atoms with E-state index in [1.54, 1.807) is 12.1 Å². The Morgan fingerprint density at radius 3 is 2.56 bits per heavy atom. The summed E-state index contributed by atoms with van der Waals surface area (Å²) in [5, 5.41) is 0.277. The van der Waals surface area contributed by atoms with Crippen molar-refractivity contribution in [3.63, 3.8) is 0 Å². The van der Waals surface area contributed by atoms with Crippen LogP contribution in [0.5, 0.6) is 0 Å². The zero-order chi connectivity index (χ0) is 23.9. The fourth-order valence-corrected chi connectivity index (χ4v) is 6.12. The number of para-hydroxylation sites is 1. The molecule has 0 atom stereocenters. The second kappa shape index (κ2) is 8.81. The monoisotopic (exact) mass is 495 g/mol. The van der Waals surface area contributed by atoms with Crippen LogP contribution in [-0.4, -0.2) is 18.4 Å². The van der Waals surface area contributed by atoms with Gasteiger partial charge in [-0.2, -0.15) is 0 Å². The van der Waals surface area contributed by atoms with Gasteiger partial charge in [0.25, 0.3) is 10.0 Å². The molecule has 1 aromatic heterocycles. The lowest BCUT2D eigenvalue weighted by Gasteiger charge is -2.31. The van der Waals surface area contributed by atoms with Crippen LogP contribution < -0.4 is 4.31 Å². The van der Waals surface area contributed by atoms with E-state index in [4.69, 9.17) is 0 Å². The average Bonchev–Trinajstić information content (AvgIpc) is 2.83. The number of hydrogen-bond donors (Lipinski definition) is 0. The van der Waals surface area contributed by atoms with Gasteiger partial charge < -0.3 is 0 Å². The number of benzene rings is 3. The number of nitrogens with zero attached hydrogens (tertiary/aromatic N) is 3. The van der Waals surface area contributed by atoms with E-state index in [1.807, 2.05) is 43.3 Å². The largest absolute Gasteiger partial charge is 0.268 e. The molecule has 0 saturated heterocycles. The van der Waals surface area contributed by atoms with Crippen LogP contribution in [-0.2, 0) is 22.3 Å². The van der Waals surface area contributed by atoms with Crippen LogP contribution in [0.3, 0.4) is 0 Å². The first kappa shape index (κ1) is 22.5. The first-order chi connectivity index (χ1) is 16.3. The molecule has 5 rings (SSSR count). The van der Waals surface area contributed by atoms with E-state index in [9.17, 15) is 17.2 Å². The van der Waals surface area contributed by atoms with Crippen LogP contribution in [0.25, 0.3) is 11.3 Å². The smallest absolute Gasteiger partial charge is 0.261 e. The standard InChI is InChI=1S/C25H19F2N3O2S2/c1-16-6-8-17(9-7-16)14-30-22-5-3-2-4-20(22)24-23(34(30,31)32)13-28-25(29-24)33-15-18-12-19(26)10-11-21(18)27/h2-13H,14-15H2,1H3. The summed E-state index contributed by atoms with van der Waals surface area (Å²) < 4.78 is 56.0. The lowest BCUT2D eigenvalue weighted by atomic mass is 10.1. The van der Waals surface area contributed by atoms with Gasteiger partial charge in [-0.25, -0.2) is 27.2 Å². The van der Waals surface area contributed by atoms with Crippen LogP contribution in [0.4, 0.5) is 14.5 Å². The molecule has 0 radical (unpaired) electrons. The minimum Gasteiger partial charge on any atom is -0.261 e. The molecular weight excluding hydrogens is 476 g/mol. The van der Waals surface area contributed by atoms with Crippen LogP contribution in [0.2, 0.25) is 0 Å². The molecular formula is C25H19F2N3O2S2. The molecule has 1 aliphatic heterocycles. The zero-order valence-corrected chi connectivity index (χ0v) is 19.7. The van der Waals surface area contributed by atoms with Crippen molar-refractivity contribution in [1.29, 1.82) is 0 Å². The van der Waals surface area contributed by atoms with Gasteiger partial charge >= 0.3 is 0 Å². The van der Waals surface area contributed by atoms with Gasteiger partial charge in [0.1, 0.15) is 16.5 Å². The number of anilines is 1. The first-order valence-electron chi connectivity index (χ1n) is 10.4. The van der Waals surface area contributed by atoms with Crippen LogP contribution in [0.15, 0.2) is 83.0 Å². The summed E-state index contributed by atoms with van der Waals surface area (Å²) in [7, 11) is -3.91. The Kier molecular flexibility index (Phi) is 5.83. The molecule has 0 amide bonds. The number of aromatic nitrogens is 2. The van der Waals surface area contributed by atoms with Gasteiger partial charge in [0.05, 0.1) is 24.1 Å². The first-order valence-corrected chi connectivity index (χ1v) is 12.9. The Balaban J connectivity index is 1.51. The quantitative estimate of drug-likeness (QED) is 0.261. The lowest BCUT2D eigenvalue weighted by molar-refractivity contribution is 0.588. The van der Waals surface area contributed by atoms with E-state index in [-0.39, 0.29) is 27.9 Å². The molecule has 0 unspecified atom stereocenters. The lowest BCUT2D eigenvalue weighted by Crippen LogP contribution is -2.34. The van der Waals surface area contributed by atoms with Crippen molar-refractivity contribution in [3.8, 4) is 11.3 Å². The molecule has 0 bridgehead atoms. The average molecular weight is 496 g/mol. The predicted octanol–water partition coefficient (Wildman–Crippen LogP) is 5.73. The van der Waals surface area contributed by atoms with Crippen molar-refractivity contribution in [2.45, 2.75) is 29.3 Å². The normalized spacial score (nSPS) is 13.9. The fourth-order valence-electron chi connectivity index (χ4n) is 3.77. The highest BCUT2D eigenvalue weighted by molar-refractivity contribution is 7.98. The molecule has 2 heterocycles. The molecule has 172 valence electrons. The second-order valence-electron chi connectivity index (χ2n) is 7.90. The van der Waals surface area contributed by atoms with Gasteiger partial charge in [-0.3, -0.25) is 4.31 Å². The molecule has 34 heavy (non-hydrogen) atoms. The summed E-state index contributed by atoms with van der Waals surface area (Å²) in [5.74, 6) is -0.945. The number of rotatable bonds is 5. The van der Waals surface area contributed by atoms with Crippen molar-refractivity contribution in [1.82, 2.24) is 9.97 Å². The molecule has 4 aromatic rings. The molecule has 3 aromatic carbocycles. The number of aryl methyl sites for hydroxylation is 1. The predicted molar refractivity (Wildman–Crippen MR) is 128 cm³/mol. The number of hydrogen-bond acceptors (Lipinski definition) is 5. The van der Waals surface area contributed by atoms with Gasteiger partial charge in [0, 0.05) is 16.9 Å². The van der Waals surface area contributed by atoms with E-state index in [2.05, 4.69) is 9.97 Å². The highest BCUT2D eigenvalue weighted by atomic mass is 32.2. The van der Waals surface area contributed by atoms with Gasteiger partial charge in [-0.05, 0) is 36.8 Å². The number of fused-ring (bicyclic) bond motifs is 3. The third-order valence-electron chi connectivity index (χ3n) is 5.54. The topological polar surface area (TPSA) is 63.2 Å². The summed E-state index contributed by atoms with van der Waals surface area (Å²) in [5.41, 5.74) is 3.63. The number of halogens is 2. The third-order valence-corrected chi connectivity index (χ3v) is 8.21. The summed E-state index contributed by atoms with van der Waals surface area (Å²) >= 11 is 1.11. The van der Waals surface area contributed by atoms with Crippen molar-refractivity contribution in [2.24, 2.45) is 0 Å². The molecule has 0 saturated carbocycles. The second-order valence-corrected chi connectivity index (χ2v) is 10.7. The molecule has 0 aliphatic carbocycles. The maximum Gasteiger partial charge on any atom is 0.268 e. The minimum atomic E-state index is -3.91. The molecule has 0 N–H and O–H groups in total. The maximum absolute atomic E-state index is 14.0. The van der Waals surface area contributed by atoms with E-state index < -0.39 is 21.7 Å². The van der Waals surface area contributed by atoms with Crippen molar-refractivity contribution in [3.05, 3.63) is 101 Å². The molecule has 9 heteroatoms. The Labute approximate surface area is 200 Å². The Morgan fingerprint density at radius 1 is 1.00 bits per heavy atom. The van der Waals surface area contributed by atoms with Crippen molar-refractivity contribution < 1.29 is 17.2 Å². The summed E-state index contributed by atoms with van der Waals surface area (Å²) in [6.45, 7) is 2.15. The van der Waals surface area contributed by atoms with Crippen molar-refractivity contribution >= 4 is 27.5 Å². The van der Waals surface area contributed by atoms with Gasteiger partial charge in [0.2, 0.25) is 0 Å². The fraction of sp³-hybridized carbons (Fsp3) is 0.120. The molecule has 0 spiro atoms. The highest BCUT2D eigenvalue weighted by Gasteiger charge is 2.36. The van der Waals surface area contributed by atoms with Crippen LogP contribution >= 0.6 is 11.8 Å². The highest BCUT2D eigenvalue weighted by Crippen LogP contribution is 2.43. The maximum atomic E-state index is 14.0. The summed E-state index contributed by atoms with van der Waals surface area (Å²) in [6.07, 6.45) is 1.29. The van der Waals surface area contributed by atoms with Gasteiger partial charge in [0.15, 0.2) is 5.16 Å². The van der Waals surface area contributed by atoms with E-state index >= 15 is 0 Å². The third kappa shape index (κ3) is 4.17. The number of thioether (sulfide) groups is 1. The Morgan fingerprint density at radius 2 is 1.76 bits per heavy atom. The minimum absolute atomic E-state index is 0.0135. The van der Waals surface area contributed by atoms with E-state index in [1.165, 1.54) is 10.5 Å².